The number of hydrogen-bond donors (Lipinski definition) is 0. The van der Waals surface area contributed by atoms with Crippen molar-refractivity contribution in [2.45, 2.75) is 13.3 Å². The van der Waals surface area contributed by atoms with Crippen molar-refractivity contribution >= 4 is 17.2 Å². The number of carbonyl (C=O) groups excluding carboxylic acids is 1. The van der Waals surface area contributed by atoms with Crippen LogP contribution in [0.2, 0.25) is 0 Å². The third-order valence-electron chi connectivity index (χ3n) is 3.74. The van der Waals surface area contributed by atoms with E-state index < -0.39 is 0 Å². The van der Waals surface area contributed by atoms with Crippen LogP contribution in [-0.4, -0.2) is 12.6 Å². The number of nitroso groups, excluding NO2 is 1. The molecular formula is C18H15NO3. The van der Waals surface area contributed by atoms with Crippen molar-refractivity contribution in [1.29, 1.82) is 0 Å². The van der Waals surface area contributed by atoms with E-state index in [1.807, 2.05) is 36.4 Å². The van der Waals surface area contributed by atoms with Gasteiger partial charge in [0.25, 0.3) is 0 Å². The molecule has 0 N–H and O–H groups in total. The summed E-state index contributed by atoms with van der Waals surface area (Å²) >= 11 is 0. The minimum atomic E-state index is -0.286. The maximum absolute atomic E-state index is 12.3. The average molecular weight is 293 g/mol. The smallest absolute Gasteiger partial charge is 0.334 e. The zero-order valence-electron chi connectivity index (χ0n) is 12.2. The Morgan fingerprint density at radius 1 is 1.14 bits per heavy atom. The molecule has 0 saturated heterocycles. The standard InChI is InChI=1S/C18H15NO3/c1-2-22-18(20)16-11-13-5-3-4-6-15(13)17(16)12-7-9-14(19-21)10-8-12/h3-10H,2,11H2,1H3. The molecule has 110 valence electrons. The lowest BCUT2D eigenvalue weighted by Gasteiger charge is -2.09. The highest BCUT2D eigenvalue weighted by molar-refractivity contribution is 6.05. The molecule has 1 aliphatic carbocycles. The summed E-state index contributed by atoms with van der Waals surface area (Å²) in [5.74, 6) is -0.286. The molecule has 0 bridgehead atoms. The summed E-state index contributed by atoms with van der Waals surface area (Å²) in [4.78, 5) is 22.8. The molecular weight excluding hydrogens is 278 g/mol. The second kappa shape index (κ2) is 5.93. The van der Waals surface area contributed by atoms with E-state index in [-0.39, 0.29) is 5.97 Å². The van der Waals surface area contributed by atoms with Crippen LogP contribution in [0.4, 0.5) is 5.69 Å². The van der Waals surface area contributed by atoms with E-state index >= 15 is 0 Å². The molecule has 3 rings (SSSR count). The van der Waals surface area contributed by atoms with Gasteiger partial charge in [0.05, 0.1) is 6.61 Å². The molecule has 22 heavy (non-hydrogen) atoms. The molecule has 0 saturated carbocycles. The Bertz CT molecular complexity index is 760. The summed E-state index contributed by atoms with van der Waals surface area (Å²) in [6.07, 6.45) is 0.567. The molecule has 2 aromatic rings. The fourth-order valence-corrected chi connectivity index (χ4v) is 2.77. The van der Waals surface area contributed by atoms with E-state index in [4.69, 9.17) is 4.74 Å². The topological polar surface area (TPSA) is 55.7 Å². The van der Waals surface area contributed by atoms with E-state index in [2.05, 4.69) is 5.18 Å². The quantitative estimate of drug-likeness (QED) is 0.632. The Hall–Kier alpha value is -2.75. The molecule has 0 spiro atoms. The summed E-state index contributed by atoms with van der Waals surface area (Å²) in [7, 11) is 0. The summed E-state index contributed by atoms with van der Waals surface area (Å²) in [5, 5.41) is 2.91. The lowest BCUT2D eigenvalue weighted by molar-refractivity contribution is -0.138. The molecule has 0 heterocycles. The van der Waals surface area contributed by atoms with Crippen LogP contribution in [0, 0.1) is 4.91 Å². The summed E-state index contributed by atoms with van der Waals surface area (Å²) in [6, 6.07) is 14.9. The highest BCUT2D eigenvalue weighted by Gasteiger charge is 2.27. The highest BCUT2D eigenvalue weighted by Crippen LogP contribution is 2.38. The first kappa shape index (κ1) is 14.2. The SMILES string of the molecule is CCOC(=O)C1=C(c2ccc(N=O)cc2)c2ccccc2C1. The Morgan fingerprint density at radius 2 is 1.86 bits per heavy atom. The van der Waals surface area contributed by atoms with Gasteiger partial charge in [-0.2, -0.15) is 0 Å². The number of rotatable bonds is 4. The molecule has 0 fully saturated rings. The van der Waals surface area contributed by atoms with E-state index in [1.54, 1.807) is 19.1 Å². The lowest BCUT2D eigenvalue weighted by atomic mass is 9.97. The van der Waals surface area contributed by atoms with Crippen molar-refractivity contribution in [2.75, 3.05) is 6.61 Å². The van der Waals surface area contributed by atoms with Gasteiger partial charge in [-0.3, -0.25) is 0 Å². The molecule has 0 aliphatic heterocycles. The van der Waals surface area contributed by atoms with Gasteiger partial charge in [0, 0.05) is 12.0 Å². The third kappa shape index (κ3) is 2.44. The van der Waals surface area contributed by atoms with Crippen molar-refractivity contribution in [3.05, 3.63) is 75.7 Å². The van der Waals surface area contributed by atoms with Crippen LogP contribution >= 0.6 is 0 Å². The normalized spacial score (nSPS) is 13.0. The molecule has 0 atom stereocenters. The van der Waals surface area contributed by atoms with Gasteiger partial charge in [0.1, 0.15) is 5.69 Å². The maximum atomic E-state index is 12.3. The molecule has 4 heteroatoms. The lowest BCUT2D eigenvalue weighted by Crippen LogP contribution is -2.09. The van der Waals surface area contributed by atoms with Gasteiger partial charge in [-0.1, -0.05) is 36.4 Å². The van der Waals surface area contributed by atoms with Crippen LogP contribution in [0.5, 0.6) is 0 Å². The number of hydrogen-bond acceptors (Lipinski definition) is 4. The van der Waals surface area contributed by atoms with Crippen molar-refractivity contribution < 1.29 is 9.53 Å². The van der Waals surface area contributed by atoms with Crippen molar-refractivity contribution in [2.24, 2.45) is 5.18 Å². The van der Waals surface area contributed by atoms with E-state index in [1.165, 1.54) is 0 Å². The summed E-state index contributed by atoms with van der Waals surface area (Å²) in [6.45, 7) is 2.14. The number of esters is 1. The van der Waals surface area contributed by atoms with E-state index in [9.17, 15) is 9.70 Å². The number of benzene rings is 2. The monoisotopic (exact) mass is 293 g/mol. The van der Waals surface area contributed by atoms with Crippen LogP contribution in [-0.2, 0) is 16.0 Å². The van der Waals surface area contributed by atoms with Gasteiger partial charge in [0.15, 0.2) is 0 Å². The molecule has 1 aliphatic rings. The minimum absolute atomic E-state index is 0.286. The zero-order chi connectivity index (χ0) is 15.5. The zero-order valence-corrected chi connectivity index (χ0v) is 12.2. The molecule has 2 aromatic carbocycles. The molecule has 0 amide bonds. The molecule has 0 aromatic heterocycles. The Kier molecular flexibility index (Phi) is 3.83. The van der Waals surface area contributed by atoms with Gasteiger partial charge in [0.2, 0.25) is 0 Å². The van der Waals surface area contributed by atoms with Gasteiger partial charge in [-0.15, -0.1) is 4.91 Å². The van der Waals surface area contributed by atoms with Gasteiger partial charge in [-0.05, 0) is 46.5 Å². The first-order valence-corrected chi connectivity index (χ1v) is 7.17. The number of nitrogens with zero attached hydrogens (tertiary/aromatic N) is 1. The van der Waals surface area contributed by atoms with Crippen LogP contribution in [0.3, 0.4) is 0 Å². The van der Waals surface area contributed by atoms with Crippen LogP contribution in [0.25, 0.3) is 5.57 Å². The van der Waals surface area contributed by atoms with Crippen LogP contribution in [0.15, 0.2) is 59.3 Å². The van der Waals surface area contributed by atoms with Crippen LogP contribution < -0.4 is 0 Å². The van der Waals surface area contributed by atoms with E-state index in [0.717, 1.165) is 22.3 Å². The van der Waals surface area contributed by atoms with Crippen molar-refractivity contribution in [1.82, 2.24) is 0 Å². The molecule has 0 unspecified atom stereocenters. The van der Waals surface area contributed by atoms with Gasteiger partial charge >= 0.3 is 5.97 Å². The van der Waals surface area contributed by atoms with Gasteiger partial charge < -0.3 is 4.74 Å². The molecule has 4 nitrogen and oxygen atoms in total. The Morgan fingerprint density at radius 3 is 2.55 bits per heavy atom. The number of fused-ring (bicyclic) bond motifs is 1. The first-order valence-electron chi connectivity index (χ1n) is 7.17. The van der Waals surface area contributed by atoms with Gasteiger partial charge in [-0.25, -0.2) is 4.79 Å². The average Bonchev–Trinajstić information content (AvgIpc) is 2.95. The fourth-order valence-electron chi connectivity index (χ4n) is 2.77. The predicted octanol–water partition coefficient (Wildman–Crippen LogP) is 4.01. The Balaban J connectivity index is 2.13. The highest BCUT2D eigenvalue weighted by atomic mass is 16.5. The minimum Gasteiger partial charge on any atom is -0.463 e. The third-order valence-corrected chi connectivity index (χ3v) is 3.74. The van der Waals surface area contributed by atoms with Crippen molar-refractivity contribution in [3.63, 3.8) is 0 Å². The first-order chi connectivity index (χ1) is 10.7. The van der Waals surface area contributed by atoms with E-state index in [0.29, 0.717) is 24.3 Å². The maximum Gasteiger partial charge on any atom is 0.334 e. The summed E-state index contributed by atoms with van der Waals surface area (Å²) in [5.41, 5.74) is 4.95. The predicted molar refractivity (Wildman–Crippen MR) is 84.7 cm³/mol. The van der Waals surface area contributed by atoms with Crippen LogP contribution in [0.1, 0.15) is 23.6 Å². The number of ether oxygens (including phenoxy) is 1. The molecule has 0 radical (unpaired) electrons. The number of carbonyl (C=O) groups is 1. The second-order valence-electron chi connectivity index (χ2n) is 5.05. The second-order valence-corrected chi connectivity index (χ2v) is 5.05. The fraction of sp³-hybridized carbons (Fsp3) is 0.167. The largest absolute Gasteiger partial charge is 0.463 e. The van der Waals surface area contributed by atoms with Crippen molar-refractivity contribution in [3.8, 4) is 0 Å². The summed E-state index contributed by atoms with van der Waals surface area (Å²) < 4.78 is 5.19. The Labute approximate surface area is 128 Å².